The molecular weight excluding hydrogens is 332 g/mol. The van der Waals surface area contributed by atoms with Crippen LogP contribution in [-0.4, -0.2) is 56.4 Å². The van der Waals surface area contributed by atoms with Crippen LogP contribution in [0.1, 0.15) is 5.56 Å². The van der Waals surface area contributed by atoms with Crippen molar-refractivity contribution >= 4 is 29.2 Å². The highest BCUT2D eigenvalue weighted by molar-refractivity contribution is 6.01. The number of urea groups is 1. The van der Waals surface area contributed by atoms with E-state index in [9.17, 15) is 4.79 Å². The Bertz CT molecular complexity index is 757. The summed E-state index contributed by atoms with van der Waals surface area (Å²) in [6.07, 6.45) is 1.64. The molecule has 1 saturated heterocycles. The van der Waals surface area contributed by atoms with Crippen LogP contribution in [0, 0.1) is 6.92 Å². The molecular formula is C18H24N6O2. The summed E-state index contributed by atoms with van der Waals surface area (Å²) in [6, 6.07) is 7.28. The lowest BCUT2D eigenvalue weighted by Crippen LogP contribution is -2.37. The molecule has 2 heterocycles. The second-order valence-corrected chi connectivity index (χ2v) is 6.35. The van der Waals surface area contributed by atoms with Gasteiger partial charge in [-0.1, -0.05) is 17.7 Å². The number of hydrogen-bond donors (Lipinski definition) is 2. The first-order valence-corrected chi connectivity index (χ1v) is 8.54. The molecule has 2 amide bonds. The number of amides is 2. The standard InChI is InChI=1S/C18H24N6O2/c1-13-4-6-14(7-5-13)20-18(25)21-15-12-19-17(22-16(15)23(2)3)24-8-10-26-11-9-24/h4-7,12H,8-11H2,1-3H3,(H2,20,21,25). The Morgan fingerprint density at radius 2 is 1.85 bits per heavy atom. The number of rotatable bonds is 4. The van der Waals surface area contributed by atoms with Gasteiger partial charge in [-0.3, -0.25) is 0 Å². The molecule has 1 aromatic carbocycles. The predicted octanol–water partition coefficient (Wildman–Crippen LogP) is 2.33. The first kappa shape index (κ1) is 17.9. The summed E-state index contributed by atoms with van der Waals surface area (Å²) in [6.45, 7) is 4.85. The molecule has 2 N–H and O–H groups in total. The first-order chi connectivity index (χ1) is 12.5. The van der Waals surface area contributed by atoms with Crippen molar-refractivity contribution in [2.24, 2.45) is 0 Å². The third-order valence-electron chi connectivity index (χ3n) is 4.03. The summed E-state index contributed by atoms with van der Waals surface area (Å²) in [4.78, 5) is 25.3. The van der Waals surface area contributed by atoms with Crippen molar-refractivity contribution in [2.75, 3.05) is 60.8 Å². The van der Waals surface area contributed by atoms with E-state index in [4.69, 9.17) is 4.74 Å². The number of carbonyl (C=O) groups excluding carboxylic acids is 1. The molecule has 26 heavy (non-hydrogen) atoms. The topological polar surface area (TPSA) is 82.6 Å². The Balaban J connectivity index is 1.73. The van der Waals surface area contributed by atoms with Gasteiger partial charge in [0.15, 0.2) is 5.82 Å². The zero-order valence-electron chi connectivity index (χ0n) is 15.3. The van der Waals surface area contributed by atoms with E-state index in [2.05, 4.69) is 25.5 Å². The van der Waals surface area contributed by atoms with E-state index in [0.29, 0.717) is 30.7 Å². The third kappa shape index (κ3) is 4.40. The van der Waals surface area contributed by atoms with Gasteiger partial charge in [0.25, 0.3) is 0 Å². The monoisotopic (exact) mass is 356 g/mol. The van der Waals surface area contributed by atoms with E-state index >= 15 is 0 Å². The lowest BCUT2D eigenvalue weighted by atomic mass is 10.2. The summed E-state index contributed by atoms with van der Waals surface area (Å²) >= 11 is 0. The molecule has 1 aromatic heterocycles. The number of anilines is 4. The van der Waals surface area contributed by atoms with E-state index in [0.717, 1.165) is 24.3 Å². The molecule has 1 aliphatic rings. The summed E-state index contributed by atoms with van der Waals surface area (Å²) in [5.41, 5.74) is 2.42. The number of benzene rings is 1. The van der Waals surface area contributed by atoms with Gasteiger partial charge in [-0.15, -0.1) is 0 Å². The molecule has 8 nitrogen and oxygen atoms in total. The molecule has 3 rings (SSSR count). The van der Waals surface area contributed by atoms with Gasteiger partial charge in [-0.2, -0.15) is 4.98 Å². The van der Waals surface area contributed by atoms with Crippen LogP contribution in [0.25, 0.3) is 0 Å². The summed E-state index contributed by atoms with van der Waals surface area (Å²) in [5, 5.41) is 5.64. The van der Waals surface area contributed by atoms with E-state index in [1.807, 2.05) is 50.2 Å². The van der Waals surface area contributed by atoms with E-state index < -0.39 is 0 Å². The second-order valence-electron chi connectivity index (χ2n) is 6.35. The van der Waals surface area contributed by atoms with Crippen LogP contribution in [0.3, 0.4) is 0 Å². The van der Waals surface area contributed by atoms with E-state index in [1.165, 1.54) is 0 Å². The van der Waals surface area contributed by atoms with Crippen molar-refractivity contribution in [3.8, 4) is 0 Å². The molecule has 8 heteroatoms. The van der Waals surface area contributed by atoms with Gasteiger partial charge in [-0.05, 0) is 19.1 Å². The average molecular weight is 356 g/mol. The SMILES string of the molecule is Cc1ccc(NC(=O)Nc2cnc(N3CCOCC3)nc2N(C)C)cc1. The maximum Gasteiger partial charge on any atom is 0.323 e. The lowest BCUT2D eigenvalue weighted by molar-refractivity contribution is 0.122. The fourth-order valence-corrected chi connectivity index (χ4v) is 2.63. The normalized spacial score (nSPS) is 14.0. The number of carbonyl (C=O) groups is 1. The molecule has 0 bridgehead atoms. The number of nitrogens with one attached hydrogen (secondary N) is 2. The van der Waals surface area contributed by atoms with Gasteiger partial charge in [0, 0.05) is 32.9 Å². The van der Waals surface area contributed by atoms with Crippen LogP contribution >= 0.6 is 0 Å². The Morgan fingerprint density at radius 1 is 1.15 bits per heavy atom. The minimum atomic E-state index is -0.334. The molecule has 0 aliphatic carbocycles. The van der Waals surface area contributed by atoms with Crippen LogP contribution in [0.4, 0.5) is 27.9 Å². The Morgan fingerprint density at radius 3 is 2.50 bits per heavy atom. The fraction of sp³-hybridized carbons (Fsp3) is 0.389. The molecule has 0 saturated carbocycles. The maximum atomic E-state index is 12.3. The average Bonchev–Trinajstić information content (AvgIpc) is 2.64. The van der Waals surface area contributed by atoms with Crippen molar-refractivity contribution < 1.29 is 9.53 Å². The first-order valence-electron chi connectivity index (χ1n) is 8.54. The van der Waals surface area contributed by atoms with Crippen molar-refractivity contribution in [3.63, 3.8) is 0 Å². The second kappa shape index (κ2) is 8.01. The minimum Gasteiger partial charge on any atom is -0.378 e. The number of nitrogens with zero attached hydrogens (tertiary/aromatic N) is 4. The lowest BCUT2D eigenvalue weighted by Gasteiger charge is -2.28. The number of aromatic nitrogens is 2. The molecule has 138 valence electrons. The quantitative estimate of drug-likeness (QED) is 0.875. The highest BCUT2D eigenvalue weighted by Gasteiger charge is 2.18. The Hall–Kier alpha value is -2.87. The Labute approximate surface area is 153 Å². The minimum absolute atomic E-state index is 0.334. The molecule has 1 aliphatic heterocycles. The number of aryl methyl sites for hydroxylation is 1. The van der Waals surface area contributed by atoms with Crippen LogP contribution in [0.5, 0.6) is 0 Å². The molecule has 1 fully saturated rings. The third-order valence-corrected chi connectivity index (χ3v) is 4.03. The van der Waals surface area contributed by atoms with Crippen LogP contribution in [0.15, 0.2) is 30.5 Å². The van der Waals surface area contributed by atoms with Gasteiger partial charge in [0.2, 0.25) is 5.95 Å². The highest BCUT2D eigenvalue weighted by Crippen LogP contribution is 2.24. The van der Waals surface area contributed by atoms with Crippen LogP contribution < -0.4 is 20.4 Å². The van der Waals surface area contributed by atoms with E-state index in [-0.39, 0.29) is 6.03 Å². The molecule has 2 aromatic rings. The van der Waals surface area contributed by atoms with Crippen LogP contribution in [0.2, 0.25) is 0 Å². The van der Waals surface area contributed by atoms with Gasteiger partial charge in [0.05, 0.1) is 19.4 Å². The van der Waals surface area contributed by atoms with Gasteiger partial charge >= 0.3 is 6.03 Å². The number of hydrogen-bond acceptors (Lipinski definition) is 6. The largest absolute Gasteiger partial charge is 0.378 e. The highest BCUT2D eigenvalue weighted by atomic mass is 16.5. The summed E-state index contributed by atoms with van der Waals surface area (Å²) in [7, 11) is 3.77. The van der Waals surface area contributed by atoms with Crippen LogP contribution in [-0.2, 0) is 4.74 Å². The number of morpholine rings is 1. The van der Waals surface area contributed by atoms with Crippen molar-refractivity contribution in [2.45, 2.75) is 6.92 Å². The summed E-state index contributed by atoms with van der Waals surface area (Å²) < 4.78 is 5.37. The van der Waals surface area contributed by atoms with Crippen molar-refractivity contribution in [1.29, 1.82) is 0 Å². The molecule has 0 atom stereocenters. The molecule has 0 radical (unpaired) electrons. The zero-order chi connectivity index (χ0) is 18.5. The molecule has 0 spiro atoms. The smallest absolute Gasteiger partial charge is 0.323 e. The number of ether oxygens (including phenoxy) is 1. The summed E-state index contributed by atoms with van der Waals surface area (Å²) in [5.74, 6) is 1.29. The Kier molecular flexibility index (Phi) is 5.52. The fourth-order valence-electron chi connectivity index (χ4n) is 2.63. The predicted molar refractivity (Wildman–Crippen MR) is 103 cm³/mol. The van der Waals surface area contributed by atoms with E-state index in [1.54, 1.807) is 6.20 Å². The maximum absolute atomic E-state index is 12.3. The zero-order valence-corrected chi connectivity index (χ0v) is 15.3. The van der Waals surface area contributed by atoms with Gasteiger partial charge < -0.3 is 25.2 Å². The van der Waals surface area contributed by atoms with Gasteiger partial charge in [0.1, 0.15) is 5.69 Å². The van der Waals surface area contributed by atoms with Crippen molar-refractivity contribution in [3.05, 3.63) is 36.0 Å². The molecule has 0 unspecified atom stereocenters. The van der Waals surface area contributed by atoms with Gasteiger partial charge in [-0.25, -0.2) is 9.78 Å². The van der Waals surface area contributed by atoms with Crippen molar-refractivity contribution in [1.82, 2.24) is 9.97 Å².